The predicted molar refractivity (Wildman–Crippen MR) is 58.4 cm³/mol. The van der Waals surface area contributed by atoms with E-state index in [1.54, 1.807) is 18.2 Å². The summed E-state index contributed by atoms with van der Waals surface area (Å²) in [4.78, 5) is 11.6. The summed E-state index contributed by atoms with van der Waals surface area (Å²) in [5.41, 5.74) is -0.497. The lowest BCUT2D eigenvalue weighted by Gasteiger charge is -2.19. The summed E-state index contributed by atoms with van der Waals surface area (Å²) in [5.74, 6) is -0.482. The molecule has 1 aliphatic rings. The van der Waals surface area contributed by atoms with Gasteiger partial charge in [0.25, 0.3) is 5.91 Å². The lowest BCUT2D eigenvalue weighted by Crippen LogP contribution is -2.35. The van der Waals surface area contributed by atoms with Crippen molar-refractivity contribution in [1.29, 1.82) is 0 Å². The summed E-state index contributed by atoms with van der Waals surface area (Å²) < 4.78 is 0.786. The van der Waals surface area contributed by atoms with Crippen LogP contribution in [0.2, 0.25) is 0 Å². The van der Waals surface area contributed by atoms with Crippen molar-refractivity contribution >= 4 is 27.5 Å². The number of aliphatic hydroxyl groups is 2. The molecule has 1 aromatic carbocycles. The maximum Gasteiger partial charge on any atom is 0.261 e. The van der Waals surface area contributed by atoms with E-state index in [1.807, 2.05) is 0 Å². The third kappa shape index (κ3) is 1.56. The van der Waals surface area contributed by atoms with Crippen LogP contribution in [0.15, 0.2) is 22.7 Å². The lowest BCUT2D eigenvalue weighted by molar-refractivity contribution is -0.135. The second kappa shape index (κ2) is 3.59. The van der Waals surface area contributed by atoms with Crippen LogP contribution in [-0.4, -0.2) is 22.7 Å². The van der Waals surface area contributed by atoms with Crippen molar-refractivity contribution in [2.75, 3.05) is 11.9 Å². The Morgan fingerprint density at radius 3 is 2.87 bits per heavy atom. The molecule has 1 aromatic rings. The molecule has 0 aliphatic carbocycles. The number of hydrogen-bond donors (Lipinski definition) is 3. The van der Waals surface area contributed by atoms with Crippen molar-refractivity contribution in [3.05, 3.63) is 28.2 Å². The molecule has 0 unspecified atom stereocenters. The minimum absolute atomic E-state index is 0.00227. The molecule has 15 heavy (non-hydrogen) atoms. The van der Waals surface area contributed by atoms with Crippen molar-refractivity contribution in [3.63, 3.8) is 0 Å². The number of carbonyl (C=O) groups is 1. The van der Waals surface area contributed by atoms with Crippen LogP contribution in [0.25, 0.3) is 0 Å². The number of carbonyl (C=O) groups excluding carboxylic acids is 1. The first kappa shape index (κ1) is 10.6. The first-order valence-corrected chi connectivity index (χ1v) is 5.32. The van der Waals surface area contributed by atoms with E-state index < -0.39 is 11.5 Å². The topological polar surface area (TPSA) is 69.6 Å². The highest BCUT2D eigenvalue weighted by molar-refractivity contribution is 9.10. The maximum absolute atomic E-state index is 11.6. The average molecular weight is 272 g/mol. The van der Waals surface area contributed by atoms with Crippen LogP contribution in [0.4, 0.5) is 5.69 Å². The Morgan fingerprint density at radius 2 is 2.20 bits per heavy atom. The number of amides is 1. The first-order chi connectivity index (χ1) is 7.08. The number of aliphatic hydroxyl groups excluding tert-OH is 1. The van der Waals surface area contributed by atoms with Crippen LogP contribution in [0.5, 0.6) is 0 Å². The smallest absolute Gasteiger partial charge is 0.261 e. The van der Waals surface area contributed by atoms with Crippen LogP contribution in [0.3, 0.4) is 0 Å². The number of anilines is 1. The highest BCUT2D eigenvalue weighted by atomic mass is 79.9. The molecule has 1 atom stereocenters. The maximum atomic E-state index is 11.6. The third-order valence-electron chi connectivity index (χ3n) is 2.52. The molecular formula is C10H10BrNO3. The second-order valence-electron chi connectivity index (χ2n) is 3.48. The molecule has 1 heterocycles. The Balaban J connectivity index is 2.52. The second-order valence-corrected chi connectivity index (χ2v) is 4.39. The molecule has 0 saturated carbocycles. The van der Waals surface area contributed by atoms with Crippen LogP contribution in [0, 0.1) is 0 Å². The molecule has 1 aliphatic heterocycles. The number of fused-ring (bicyclic) bond motifs is 1. The van der Waals surface area contributed by atoms with E-state index in [1.165, 1.54) is 0 Å². The Kier molecular flexibility index (Phi) is 2.54. The van der Waals surface area contributed by atoms with Gasteiger partial charge < -0.3 is 15.5 Å². The quantitative estimate of drug-likeness (QED) is 0.751. The fourth-order valence-electron chi connectivity index (χ4n) is 1.73. The van der Waals surface area contributed by atoms with E-state index in [2.05, 4.69) is 21.2 Å². The minimum Gasteiger partial charge on any atom is -0.396 e. The summed E-state index contributed by atoms with van der Waals surface area (Å²) in [6.45, 7) is -0.240. The molecule has 0 fully saturated rings. The summed E-state index contributed by atoms with van der Waals surface area (Å²) in [7, 11) is 0. The van der Waals surface area contributed by atoms with Gasteiger partial charge in [-0.15, -0.1) is 0 Å². The summed E-state index contributed by atoms with van der Waals surface area (Å²) in [5, 5.41) is 21.6. The van der Waals surface area contributed by atoms with Crippen LogP contribution >= 0.6 is 15.9 Å². The van der Waals surface area contributed by atoms with Gasteiger partial charge in [0.15, 0.2) is 5.60 Å². The number of nitrogens with one attached hydrogen (secondary N) is 1. The van der Waals surface area contributed by atoms with Gasteiger partial charge in [0.05, 0.1) is 0 Å². The predicted octanol–water partition coefficient (Wildman–Crippen LogP) is 0.971. The third-order valence-corrected chi connectivity index (χ3v) is 3.02. The Hall–Kier alpha value is -0.910. The monoisotopic (exact) mass is 271 g/mol. The van der Waals surface area contributed by atoms with Gasteiger partial charge in [-0.3, -0.25) is 4.79 Å². The van der Waals surface area contributed by atoms with E-state index in [0.29, 0.717) is 11.3 Å². The van der Waals surface area contributed by atoms with Gasteiger partial charge in [-0.2, -0.15) is 0 Å². The number of hydrogen-bond acceptors (Lipinski definition) is 3. The summed E-state index contributed by atoms with van der Waals surface area (Å²) in [6.07, 6.45) is 0.00227. The zero-order chi connectivity index (χ0) is 11.1. The molecule has 1 amide bonds. The molecule has 80 valence electrons. The van der Waals surface area contributed by atoms with Gasteiger partial charge in [0, 0.05) is 28.8 Å². The van der Waals surface area contributed by atoms with E-state index in [-0.39, 0.29) is 13.0 Å². The Morgan fingerprint density at radius 1 is 1.47 bits per heavy atom. The largest absolute Gasteiger partial charge is 0.396 e. The van der Waals surface area contributed by atoms with Gasteiger partial charge in [0.2, 0.25) is 0 Å². The van der Waals surface area contributed by atoms with E-state index in [4.69, 9.17) is 5.11 Å². The standard InChI is InChI=1S/C10H10BrNO3/c11-6-1-2-8-7(5-6)10(15,3-4-13)9(14)12-8/h1-2,5,13,15H,3-4H2,(H,12,14)/t10-/m1/s1. The van der Waals surface area contributed by atoms with Gasteiger partial charge in [-0.05, 0) is 18.2 Å². The molecule has 0 aromatic heterocycles. The van der Waals surface area contributed by atoms with Gasteiger partial charge in [-0.1, -0.05) is 15.9 Å². The number of rotatable bonds is 2. The molecule has 0 bridgehead atoms. The minimum atomic E-state index is -1.60. The molecule has 2 rings (SSSR count). The fourth-order valence-corrected chi connectivity index (χ4v) is 2.09. The van der Waals surface area contributed by atoms with Crippen molar-refractivity contribution in [2.45, 2.75) is 12.0 Å². The SMILES string of the molecule is O=C1Nc2ccc(Br)cc2[C@]1(O)CCO. The van der Waals surface area contributed by atoms with Crippen LogP contribution in [-0.2, 0) is 10.4 Å². The van der Waals surface area contributed by atoms with E-state index in [9.17, 15) is 9.90 Å². The molecule has 0 spiro atoms. The van der Waals surface area contributed by atoms with Crippen molar-refractivity contribution in [2.24, 2.45) is 0 Å². The zero-order valence-corrected chi connectivity index (χ0v) is 9.41. The first-order valence-electron chi connectivity index (χ1n) is 4.52. The van der Waals surface area contributed by atoms with Gasteiger partial charge >= 0.3 is 0 Å². The molecule has 0 saturated heterocycles. The molecule has 5 heteroatoms. The lowest BCUT2D eigenvalue weighted by atomic mass is 9.92. The molecule has 3 N–H and O–H groups in total. The molecular weight excluding hydrogens is 262 g/mol. The van der Waals surface area contributed by atoms with Crippen molar-refractivity contribution < 1.29 is 15.0 Å². The summed E-state index contributed by atoms with van der Waals surface area (Å²) >= 11 is 3.27. The number of halogens is 1. The zero-order valence-electron chi connectivity index (χ0n) is 7.83. The highest BCUT2D eigenvalue weighted by Crippen LogP contribution is 2.39. The van der Waals surface area contributed by atoms with Gasteiger partial charge in [0.1, 0.15) is 0 Å². The van der Waals surface area contributed by atoms with Gasteiger partial charge in [-0.25, -0.2) is 0 Å². The van der Waals surface area contributed by atoms with Crippen LogP contribution < -0.4 is 5.32 Å². The Labute approximate surface area is 95.1 Å². The average Bonchev–Trinajstić information content (AvgIpc) is 2.42. The van der Waals surface area contributed by atoms with E-state index >= 15 is 0 Å². The molecule has 4 nitrogen and oxygen atoms in total. The normalized spacial score (nSPS) is 23.8. The number of benzene rings is 1. The Bertz CT molecular complexity index is 421. The summed E-state index contributed by atoms with van der Waals surface area (Å²) in [6, 6.07) is 5.18. The van der Waals surface area contributed by atoms with Crippen molar-refractivity contribution in [3.8, 4) is 0 Å². The van der Waals surface area contributed by atoms with E-state index in [0.717, 1.165) is 4.47 Å². The van der Waals surface area contributed by atoms with Crippen LogP contribution in [0.1, 0.15) is 12.0 Å². The highest BCUT2D eigenvalue weighted by Gasteiger charge is 2.44. The van der Waals surface area contributed by atoms with Crippen molar-refractivity contribution in [1.82, 2.24) is 0 Å². The molecule has 0 radical (unpaired) electrons. The fraction of sp³-hybridized carbons (Fsp3) is 0.300.